The van der Waals surface area contributed by atoms with Gasteiger partial charge in [0.2, 0.25) is 0 Å². The average Bonchev–Trinajstić information content (AvgIpc) is 2.89. The first-order valence-electron chi connectivity index (χ1n) is 9.02. The SMILES string of the molecule is CCn1ncc2c1CCC[C@H]2NCc1cccc2c1OCCCO2. The number of ether oxygens (including phenoxy) is 2. The van der Waals surface area contributed by atoms with Crippen molar-refractivity contribution in [3.63, 3.8) is 0 Å². The van der Waals surface area contributed by atoms with E-state index in [2.05, 4.69) is 28.1 Å². The zero-order chi connectivity index (χ0) is 16.4. The standard InChI is InChI=1S/C19H25N3O2/c1-2-22-17-8-4-7-16(15(17)13-21-22)20-12-14-6-3-9-18-19(14)24-11-5-10-23-18/h3,6,9,13,16,20H,2,4-5,7-8,10-12H2,1H3/t16-/m1/s1. The quantitative estimate of drug-likeness (QED) is 0.936. The van der Waals surface area contributed by atoms with E-state index in [0.717, 1.165) is 57.1 Å². The molecule has 1 aromatic carbocycles. The highest BCUT2D eigenvalue weighted by molar-refractivity contribution is 5.47. The van der Waals surface area contributed by atoms with Gasteiger partial charge in [-0.3, -0.25) is 4.68 Å². The Morgan fingerprint density at radius 2 is 2.17 bits per heavy atom. The smallest absolute Gasteiger partial charge is 0.165 e. The Bertz CT molecular complexity index is 711. The van der Waals surface area contributed by atoms with Crippen LogP contribution < -0.4 is 14.8 Å². The number of hydrogen-bond acceptors (Lipinski definition) is 4. The molecule has 5 nitrogen and oxygen atoms in total. The number of aromatic nitrogens is 2. The molecular formula is C19H25N3O2. The van der Waals surface area contributed by atoms with Gasteiger partial charge in [-0.15, -0.1) is 0 Å². The first-order chi connectivity index (χ1) is 11.9. The number of fused-ring (bicyclic) bond motifs is 2. The van der Waals surface area contributed by atoms with Crippen LogP contribution in [0.3, 0.4) is 0 Å². The fourth-order valence-corrected chi connectivity index (χ4v) is 3.73. The third-order valence-corrected chi connectivity index (χ3v) is 4.95. The molecule has 0 fully saturated rings. The third kappa shape index (κ3) is 2.88. The van der Waals surface area contributed by atoms with Gasteiger partial charge in [-0.1, -0.05) is 12.1 Å². The highest BCUT2D eigenvalue weighted by atomic mass is 16.5. The molecule has 1 aromatic heterocycles. The molecule has 5 heteroatoms. The molecular weight excluding hydrogens is 302 g/mol. The van der Waals surface area contributed by atoms with Crippen LogP contribution in [0, 0.1) is 0 Å². The lowest BCUT2D eigenvalue weighted by molar-refractivity contribution is 0.295. The molecule has 0 spiro atoms. The molecule has 0 saturated heterocycles. The van der Waals surface area contributed by atoms with Crippen LogP contribution in [0.1, 0.15) is 49.0 Å². The molecule has 4 rings (SSSR count). The van der Waals surface area contributed by atoms with Crippen LogP contribution in [0.5, 0.6) is 11.5 Å². The molecule has 24 heavy (non-hydrogen) atoms. The Kier molecular flexibility index (Phi) is 4.43. The zero-order valence-corrected chi connectivity index (χ0v) is 14.3. The van der Waals surface area contributed by atoms with Crippen LogP contribution in [0.15, 0.2) is 24.4 Å². The van der Waals surface area contributed by atoms with Crippen molar-refractivity contribution >= 4 is 0 Å². The van der Waals surface area contributed by atoms with Crippen molar-refractivity contribution in [3.8, 4) is 11.5 Å². The summed E-state index contributed by atoms with van der Waals surface area (Å²) in [6.45, 7) is 5.33. The first kappa shape index (κ1) is 15.5. The summed E-state index contributed by atoms with van der Waals surface area (Å²) in [5.74, 6) is 1.78. The number of hydrogen-bond donors (Lipinski definition) is 1. The molecule has 2 aromatic rings. The van der Waals surface area contributed by atoms with Gasteiger partial charge in [-0.05, 0) is 32.3 Å². The highest BCUT2D eigenvalue weighted by Gasteiger charge is 2.24. The molecule has 0 unspecified atom stereocenters. The summed E-state index contributed by atoms with van der Waals surface area (Å²) >= 11 is 0. The minimum atomic E-state index is 0.372. The Hall–Kier alpha value is -2.01. The maximum atomic E-state index is 5.93. The molecule has 1 N–H and O–H groups in total. The second kappa shape index (κ2) is 6.85. The minimum absolute atomic E-state index is 0.372. The molecule has 0 bridgehead atoms. The van der Waals surface area contributed by atoms with E-state index >= 15 is 0 Å². The fraction of sp³-hybridized carbons (Fsp3) is 0.526. The van der Waals surface area contributed by atoms with Crippen molar-refractivity contribution in [2.24, 2.45) is 0 Å². The van der Waals surface area contributed by atoms with Gasteiger partial charge in [0, 0.05) is 42.4 Å². The number of rotatable bonds is 4. The predicted molar refractivity (Wildman–Crippen MR) is 92.5 cm³/mol. The van der Waals surface area contributed by atoms with Crippen LogP contribution in [-0.4, -0.2) is 23.0 Å². The van der Waals surface area contributed by atoms with Gasteiger partial charge in [0.1, 0.15) is 0 Å². The van der Waals surface area contributed by atoms with E-state index in [1.165, 1.54) is 23.2 Å². The Labute approximate surface area is 143 Å². The van der Waals surface area contributed by atoms with Gasteiger partial charge in [-0.25, -0.2) is 0 Å². The van der Waals surface area contributed by atoms with Crippen LogP contribution in [0.25, 0.3) is 0 Å². The van der Waals surface area contributed by atoms with E-state index in [0.29, 0.717) is 6.04 Å². The van der Waals surface area contributed by atoms with E-state index in [-0.39, 0.29) is 0 Å². The lowest BCUT2D eigenvalue weighted by atomic mass is 9.92. The van der Waals surface area contributed by atoms with Gasteiger partial charge in [-0.2, -0.15) is 5.10 Å². The largest absolute Gasteiger partial charge is 0.490 e. The van der Waals surface area contributed by atoms with Crippen molar-refractivity contribution in [2.75, 3.05) is 13.2 Å². The summed E-state index contributed by atoms with van der Waals surface area (Å²) in [5, 5.41) is 8.25. The monoisotopic (exact) mass is 327 g/mol. The van der Waals surface area contributed by atoms with Gasteiger partial charge in [0.25, 0.3) is 0 Å². The van der Waals surface area contributed by atoms with Crippen molar-refractivity contribution in [1.29, 1.82) is 0 Å². The fourth-order valence-electron chi connectivity index (χ4n) is 3.73. The lowest BCUT2D eigenvalue weighted by Crippen LogP contribution is -2.25. The van der Waals surface area contributed by atoms with Crippen molar-refractivity contribution in [1.82, 2.24) is 15.1 Å². The predicted octanol–water partition coefficient (Wildman–Crippen LogP) is 3.23. The van der Waals surface area contributed by atoms with Gasteiger partial charge in [0.15, 0.2) is 11.5 Å². The molecule has 2 aliphatic rings. The van der Waals surface area contributed by atoms with E-state index < -0.39 is 0 Å². The van der Waals surface area contributed by atoms with Crippen molar-refractivity contribution in [3.05, 3.63) is 41.2 Å². The first-order valence-corrected chi connectivity index (χ1v) is 9.02. The summed E-state index contributed by atoms with van der Waals surface area (Å²) in [6.07, 6.45) is 6.49. The highest BCUT2D eigenvalue weighted by Crippen LogP contribution is 2.34. The summed E-state index contributed by atoms with van der Waals surface area (Å²) < 4.78 is 13.9. The minimum Gasteiger partial charge on any atom is -0.490 e. The van der Waals surface area contributed by atoms with E-state index in [1.807, 2.05) is 18.3 Å². The molecule has 1 atom stereocenters. The summed E-state index contributed by atoms with van der Waals surface area (Å²) in [7, 11) is 0. The number of benzene rings is 1. The van der Waals surface area contributed by atoms with Crippen LogP contribution in [0.4, 0.5) is 0 Å². The normalized spacial score (nSPS) is 19.6. The number of nitrogens with one attached hydrogen (secondary N) is 1. The molecule has 128 valence electrons. The molecule has 0 amide bonds. The lowest BCUT2D eigenvalue weighted by Gasteiger charge is -2.25. The van der Waals surface area contributed by atoms with Gasteiger partial charge >= 0.3 is 0 Å². The van der Waals surface area contributed by atoms with E-state index in [1.54, 1.807) is 0 Å². The summed E-state index contributed by atoms with van der Waals surface area (Å²) in [5.41, 5.74) is 3.93. The maximum Gasteiger partial charge on any atom is 0.165 e. The molecule has 1 aliphatic carbocycles. The Morgan fingerprint density at radius 3 is 3.08 bits per heavy atom. The molecule has 0 saturated carbocycles. The molecule has 1 aliphatic heterocycles. The number of para-hydroxylation sites is 1. The van der Waals surface area contributed by atoms with Gasteiger partial charge < -0.3 is 14.8 Å². The molecule has 2 heterocycles. The van der Waals surface area contributed by atoms with E-state index in [4.69, 9.17) is 9.47 Å². The van der Waals surface area contributed by atoms with Crippen LogP contribution >= 0.6 is 0 Å². The maximum absolute atomic E-state index is 5.93. The topological polar surface area (TPSA) is 48.3 Å². The van der Waals surface area contributed by atoms with Crippen molar-refractivity contribution < 1.29 is 9.47 Å². The average molecular weight is 327 g/mol. The van der Waals surface area contributed by atoms with E-state index in [9.17, 15) is 0 Å². The summed E-state index contributed by atoms with van der Waals surface area (Å²) in [6, 6.07) is 6.54. The second-order valence-corrected chi connectivity index (χ2v) is 6.48. The number of nitrogens with zero attached hydrogens (tertiary/aromatic N) is 2. The summed E-state index contributed by atoms with van der Waals surface area (Å²) in [4.78, 5) is 0. The number of aryl methyl sites for hydroxylation is 1. The second-order valence-electron chi connectivity index (χ2n) is 6.48. The van der Waals surface area contributed by atoms with Crippen molar-refractivity contribution in [2.45, 2.75) is 51.7 Å². The Balaban J connectivity index is 1.51. The van der Waals surface area contributed by atoms with Gasteiger partial charge in [0.05, 0.1) is 19.4 Å². The van der Waals surface area contributed by atoms with Crippen LogP contribution in [-0.2, 0) is 19.5 Å². The third-order valence-electron chi connectivity index (χ3n) is 4.95. The molecule has 0 radical (unpaired) electrons. The zero-order valence-electron chi connectivity index (χ0n) is 14.3. The van der Waals surface area contributed by atoms with Crippen LogP contribution in [0.2, 0.25) is 0 Å². The Morgan fingerprint density at radius 1 is 1.25 bits per heavy atom.